The van der Waals surface area contributed by atoms with Crippen LogP contribution in [0.3, 0.4) is 0 Å². The molecule has 7 heteroatoms. The molecule has 1 aromatic carbocycles. The Bertz CT molecular complexity index is 454. The molecule has 1 rings (SSSR count). The average Bonchev–Trinajstić information content (AvgIpc) is 2.39. The summed E-state index contributed by atoms with van der Waals surface area (Å²) in [6, 6.07) is 3.80. The second-order valence-electron chi connectivity index (χ2n) is 3.53. The van der Waals surface area contributed by atoms with Gasteiger partial charge in [0.1, 0.15) is 19.0 Å². The number of benzene rings is 1. The van der Waals surface area contributed by atoms with Gasteiger partial charge in [0.15, 0.2) is 0 Å². The zero-order valence-corrected chi connectivity index (χ0v) is 15.3. The topological polar surface area (TPSA) is 44.8 Å². The highest BCUT2D eigenvalue weighted by Gasteiger charge is 2.07. The maximum Gasteiger partial charge on any atom is 0.330 e. The van der Waals surface area contributed by atoms with E-state index in [1.807, 2.05) is 12.1 Å². The highest BCUT2D eigenvalue weighted by atomic mass is 79.9. The van der Waals surface area contributed by atoms with Crippen LogP contribution in [0, 0.1) is 0 Å². The van der Waals surface area contributed by atoms with Crippen LogP contribution in [0.4, 0.5) is 0 Å². The first-order valence-electron chi connectivity index (χ1n) is 5.69. The smallest absolute Gasteiger partial charge is 0.330 e. The van der Waals surface area contributed by atoms with E-state index in [2.05, 4.69) is 54.4 Å². The molecule has 0 atom stereocenters. The number of hydrogen-bond donors (Lipinski definition) is 0. The van der Waals surface area contributed by atoms with Crippen molar-refractivity contribution >= 4 is 53.8 Å². The fourth-order valence-electron chi connectivity index (χ4n) is 1.23. The summed E-state index contributed by atoms with van der Waals surface area (Å²) in [5.74, 6) is 0.266. The van der Waals surface area contributed by atoms with Gasteiger partial charge in [-0.1, -0.05) is 22.5 Å². The van der Waals surface area contributed by atoms with Crippen LogP contribution in [0.1, 0.15) is 0 Å². The molecular weight excluding hydrogens is 460 g/mol. The number of carbonyl (C=O) groups excluding carboxylic acids is 1. The first kappa shape index (κ1) is 17.7. The molecule has 0 saturated carbocycles. The van der Waals surface area contributed by atoms with E-state index in [9.17, 15) is 4.79 Å². The Labute approximate surface area is 142 Å². The normalized spacial score (nSPS) is 10.2. The molecule has 0 aliphatic carbocycles. The second-order valence-corrected chi connectivity index (χ2v) is 6.16. The standard InChI is InChI=1S/C13H13Br3O4/c1-2-12(17)19-5-3-18-4-6-20-13-10(15)7-9(14)8-11(13)16/h2,7-8H,1,3-6H2. The molecule has 4 nitrogen and oxygen atoms in total. The van der Waals surface area contributed by atoms with Gasteiger partial charge in [-0.2, -0.15) is 0 Å². The number of hydrogen-bond acceptors (Lipinski definition) is 4. The Hall–Kier alpha value is -0.370. The zero-order valence-electron chi connectivity index (χ0n) is 10.5. The van der Waals surface area contributed by atoms with E-state index in [1.54, 1.807) is 0 Å². The van der Waals surface area contributed by atoms with Gasteiger partial charge >= 0.3 is 5.97 Å². The van der Waals surface area contributed by atoms with Crippen molar-refractivity contribution in [3.8, 4) is 5.75 Å². The minimum Gasteiger partial charge on any atom is -0.489 e. The summed E-state index contributed by atoms with van der Waals surface area (Å²) in [4.78, 5) is 10.8. The SMILES string of the molecule is C=CC(=O)OCCOCCOc1c(Br)cc(Br)cc1Br. The molecule has 0 spiro atoms. The number of carbonyl (C=O) groups is 1. The van der Waals surface area contributed by atoms with Gasteiger partial charge in [-0.25, -0.2) is 4.79 Å². The highest BCUT2D eigenvalue weighted by Crippen LogP contribution is 2.36. The summed E-state index contributed by atoms with van der Waals surface area (Å²) >= 11 is 10.2. The van der Waals surface area contributed by atoms with Gasteiger partial charge in [0.05, 0.1) is 22.2 Å². The van der Waals surface area contributed by atoms with Gasteiger partial charge < -0.3 is 14.2 Å². The molecular formula is C13H13Br3O4. The van der Waals surface area contributed by atoms with Crippen molar-refractivity contribution in [2.75, 3.05) is 26.4 Å². The van der Waals surface area contributed by atoms with E-state index >= 15 is 0 Å². The number of halogens is 3. The number of rotatable bonds is 8. The highest BCUT2D eigenvalue weighted by molar-refractivity contribution is 9.11. The van der Waals surface area contributed by atoms with Gasteiger partial charge in [-0.05, 0) is 44.0 Å². The molecule has 0 saturated heterocycles. The van der Waals surface area contributed by atoms with Crippen molar-refractivity contribution in [3.63, 3.8) is 0 Å². The third kappa shape index (κ3) is 6.39. The summed E-state index contributed by atoms with van der Waals surface area (Å²) in [6.07, 6.45) is 1.12. The van der Waals surface area contributed by atoms with Crippen molar-refractivity contribution in [1.82, 2.24) is 0 Å². The molecule has 0 aliphatic heterocycles. The molecule has 0 N–H and O–H groups in total. The fraction of sp³-hybridized carbons (Fsp3) is 0.308. The van der Waals surface area contributed by atoms with Crippen LogP contribution in [0.5, 0.6) is 5.75 Å². The predicted octanol–water partition coefficient (Wildman–Crippen LogP) is 4.10. The van der Waals surface area contributed by atoms with Gasteiger partial charge in [0.25, 0.3) is 0 Å². The molecule has 0 heterocycles. The minimum absolute atomic E-state index is 0.205. The minimum atomic E-state index is -0.451. The summed E-state index contributed by atoms with van der Waals surface area (Å²) in [5.41, 5.74) is 0. The maximum atomic E-state index is 10.8. The second kappa shape index (κ2) is 9.55. The van der Waals surface area contributed by atoms with Crippen molar-refractivity contribution in [3.05, 3.63) is 38.2 Å². The van der Waals surface area contributed by atoms with E-state index in [4.69, 9.17) is 14.2 Å². The maximum absolute atomic E-state index is 10.8. The van der Waals surface area contributed by atoms with Crippen LogP contribution in [-0.4, -0.2) is 32.4 Å². The van der Waals surface area contributed by atoms with Crippen molar-refractivity contribution in [2.24, 2.45) is 0 Å². The van der Waals surface area contributed by atoms with Crippen LogP contribution < -0.4 is 4.74 Å². The average molecular weight is 473 g/mol. The lowest BCUT2D eigenvalue weighted by Gasteiger charge is -2.11. The Balaban J connectivity index is 2.22. The fourth-order valence-corrected chi connectivity index (χ4v) is 3.72. The number of ether oxygens (including phenoxy) is 3. The van der Waals surface area contributed by atoms with E-state index in [-0.39, 0.29) is 6.61 Å². The molecule has 110 valence electrons. The van der Waals surface area contributed by atoms with Crippen LogP contribution in [0.25, 0.3) is 0 Å². The molecule has 0 radical (unpaired) electrons. The van der Waals surface area contributed by atoms with Crippen LogP contribution >= 0.6 is 47.8 Å². The Morgan fingerprint density at radius 2 is 1.70 bits per heavy atom. The molecule has 0 unspecified atom stereocenters. The lowest BCUT2D eigenvalue weighted by Crippen LogP contribution is -2.12. The third-order valence-corrected chi connectivity index (χ3v) is 3.71. The quantitative estimate of drug-likeness (QED) is 0.324. The van der Waals surface area contributed by atoms with Crippen LogP contribution in [0.2, 0.25) is 0 Å². The Morgan fingerprint density at radius 1 is 1.10 bits per heavy atom. The molecule has 0 aromatic heterocycles. The monoisotopic (exact) mass is 470 g/mol. The first-order chi connectivity index (χ1) is 9.54. The summed E-state index contributed by atoms with van der Waals surface area (Å²) in [6.45, 7) is 4.63. The zero-order chi connectivity index (χ0) is 15.0. The molecule has 0 amide bonds. The summed E-state index contributed by atoms with van der Waals surface area (Å²) in [7, 11) is 0. The van der Waals surface area contributed by atoms with Gasteiger partial charge in [-0.3, -0.25) is 0 Å². The Kier molecular flexibility index (Phi) is 8.44. The van der Waals surface area contributed by atoms with Gasteiger partial charge in [0, 0.05) is 10.5 Å². The van der Waals surface area contributed by atoms with Gasteiger partial charge in [-0.15, -0.1) is 0 Å². The lowest BCUT2D eigenvalue weighted by molar-refractivity contribution is -0.139. The van der Waals surface area contributed by atoms with Crippen LogP contribution in [-0.2, 0) is 14.3 Å². The van der Waals surface area contributed by atoms with Crippen LogP contribution in [0.15, 0.2) is 38.2 Å². The third-order valence-electron chi connectivity index (χ3n) is 2.08. The molecule has 1 aromatic rings. The van der Waals surface area contributed by atoms with E-state index in [1.165, 1.54) is 0 Å². The van der Waals surface area contributed by atoms with Crippen molar-refractivity contribution in [1.29, 1.82) is 0 Å². The molecule has 0 aliphatic rings. The summed E-state index contributed by atoms with van der Waals surface area (Å²) < 4.78 is 18.3. The largest absolute Gasteiger partial charge is 0.489 e. The molecule has 20 heavy (non-hydrogen) atoms. The molecule has 0 fully saturated rings. The predicted molar refractivity (Wildman–Crippen MR) is 87.0 cm³/mol. The first-order valence-corrected chi connectivity index (χ1v) is 8.06. The van der Waals surface area contributed by atoms with Crippen molar-refractivity contribution < 1.29 is 19.0 Å². The van der Waals surface area contributed by atoms with E-state index in [0.29, 0.717) is 19.8 Å². The van der Waals surface area contributed by atoms with E-state index in [0.717, 1.165) is 25.2 Å². The van der Waals surface area contributed by atoms with Gasteiger partial charge in [0.2, 0.25) is 0 Å². The molecule has 0 bridgehead atoms. The van der Waals surface area contributed by atoms with E-state index < -0.39 is 5.97 Å². The summed E-state index contributed by atoms with van der Waals surface area (Å²) in [5, 5.41) is 0. The lowest BCUT2D eigenvalue weighted by atomic mass is 10.3. The Morgan fingerprint density at radius 3 is 2.30 bits per heavy atom. The van der Waals surface area contributed by atoms with Crippen molar-refractivity contribution in [2.45, 2.75) is 0 Å². The number of esters is 1.